The molecular weight excluding hydrogens is 202 g/mol. The molecule has 2 amide bonds. The number of aliphatic carboxylic acids is 1. The van der Waals surface area contributed by atoms with Gasteiger partial charge in [0.1, 0.15) is 6.04 Å². The minimum absolute atomic E-state index is 0.0300. The molecule has 0 bridgehead atoms. The smallest absolute Gasteiger partial charge is 0.320 e. The van der Waals surface area contributed by atoms with Gasteiger partial charge in [-0.2, -0.15) is 0 Å². The third-order valence-corrected chi connectivity index (χ3v) is 1.86. The number of nitrogens with two attached hydrogens (primary N) is 2. The molecule has 2 atom stereocenters. The average Bonchev–Trinajstić information content (AvgIpc) is 2.10. The maximum absolute atomic E-state index is 10.7. The SMILES string of the molecule is CC(N[C@@H](CCC(N)=O)C(=O)O)C(N)=O. The summed E-state index contributed by atoms with van der Waals surface area (Å²) in [7, 11) is 0. The molecule has 6 N–H and O–H groups in total. The van der Waals surface area contributed by atoms with Crippen LogP contribution in [0.15, 0.2) is 0 Å². The summed E-state index contributed by atoms with van der Waals surface area (Å²) in [6.45, 7) is 1.45. The molecule has 15 heavy (non-hydrogen) atoms. The fourth-order valence-electron chi connectivity index (χ4n) is 0.949. The van der Waals surface area contributed by atoms with E-state index in [0.29, 0.717) is 0 Å². The number of carbonyl (C=O) groups excluding carboxylic acids is 2. The first-order valence-corrected chi connectivity index (χ1v) is 4.41. The first-order chi connectivity index (χ1) is 6.84. The largest absolute Gasteiger partial charge is 0.480 e. The molecule has 0 aliphatic rings. The first kappa shape index (κ1) is 13.4. The van der Waals surface area contributed by atoms with Gasteiger partial charge in [0, 0.05) is 6.42 Å². The summed E-state index contributed by atoms with van der Waals surface area (Å²) >= 11 is 0. The number of carboxylic acids is 1. The molecule has 86 valence electrons. The van der Waals surface area contributed by atoms with Crippen molar-refractivity contribution in [1.29, 1.82) is 0 Å². The summed E-state index contributed by atoms with van der Waals surface area (Å²) in [6.07, 6.45) is -0.0300. The lowest BCUT2D eigenvalue weighted by Crippen LogP contribution is -2.48. The average molecular weight is 217 g/mol. The van der Waals surface area contributed by atoms with E-state index >= 15 is 0 Å². The van der Waals surface area contributed by atoms with Gasteiger partial charge < -0.3 is 16.6 Å². The van der Waals surface area contributed by atoms with Crippen LogP contribution in [0.2, 0.25) is 0 Å². The Balaban J connectivity index is 4.22. The molecule has 0 rings (SSSR count). The lowest BCUT2D eigenvalue weighted by Gasteiger charge is -2.17. The number of carboxylic acid groups (broad SMARTS) is 1. The van der Waals surface area contributed by atoms with Crippen molar-refractivity contribution in [2.75, 3.05) is 0 Å². The lowest BCUT2D eigenvalue weighted by molar-refractivity contribution is -0.140. The predicted molar refractivity (Wildman–Crippen MR) is 51.6 cm³/mol. The van der Waals surface area contributed by atoms with Crippen molar-refractivity contribution in [3.8, 4) is 0 Å². The highest BCUT2D eigenvalue weighted by Gasteiger charge is 2.21. The number of primary amides is 2. The van der Waals surface area contributed by atoms with Gasteiger partial charge in [-0.1, -0.05) is 0 Å². The second kappa shape index (κ2) is 5.97. The summed E-state index contributed by atoms with van der Waals surface area (Å²) in [4.78, 5) is 31.8. The van der Waals surface area contributed by atoms with Gasteiger partial charge in [0.15, 0.2) is 0 Å². The van der Waals surface area contributed by atoms with E-state index in [1.165, 1.54) is 6.92 Å². The Morgan fingerprint density at radius 1 is 1.33 bits per heavy atom. The summed E-state index contributed by atoms with van der Waals surface area (Å²) in [5.74, 6) is -2.39. The molecule has 7 nitrogen and oxygen atoms in total. The summed E-state index contributed by atoms with van der Waals surface area (Å²) in [6, 6.07) is -1.76. The Morgan fingerprint density at radius 2 is 1.87 bits per heavy atom. The zero-order valence-corrected chi connectivity index (χ0v) is 8.40. The van der Waals surface area contributed by atoms with Crippen molar-refractivity contribution in [3.05, 3.63) is 0 Å². The van der Waals surface area contributed by atoms with Crippen LogP contribution in [0.4, 0.5) is 0 Å². The summed E-state index contributed by atoms with van der Waals surface area (Å²) in [5.41, 5.74) is 9.83. The summed E-state index contributed by atoms with van der Waals surface area (Å²) in [5, 5.41) is 11.2. The molecule has 0 saturated heterocycles. The van der Waals surface area contributed by atoms with Crippen molar-refractivity contribution in [2.24, 2.45) is 11.5 Å². The van der Waals surface area contributed by atoms with Crippen LogP contribution >= 0.6 is 0 Å². The molecule has 0 aromatic heterocycles. The standard InChI is InChI=1S/C8H15N3O4/c1-4(7(10)13)11-5(8(14)15)2-3-6(9)12/h4-5,11H,2-3H2,1H3,(H2,9,12)(H2,10,13)(H,14,15)/t4?,5-/m0/s1. The quantitative estimate of drug-likeness (QED) is 0.397. The molecule has 0 aliphatic heterocycles. The van der Waals surface area contributed by atoms with Crippen LogP contribution in [0.25, 0.3) is 0 Å². The molecule has 0 radical (unpaired) electrons. The van der Waals surface area contributed by atoms with Crippen LogP contribution in [0.1, 0.15) is 19.8 Å². The fourth-order valence-corrected chi connectivity index (χ4v) is 0.949. The molecule has 0 aromatic rings. The van der Waals surface area contributed by atoms with Gasteiger partial charge in [-0.05, 0) is 13.3 Å². The van der Waals surface area contributed by atoms with E-state index in [4.69, 9.17) is 16.6 Å². The minimum Gasteiger partial charge on any atom is -0.480 e. The van der Waals surface area contributed by atoms with Gasteiger partial charge in [-0.25, -0.2) is 0 Å². The van der Waals surface area contributed by atoms with Gasteiger partial charge in [-0.3, -0.25) is 19.7 Å². The Labute approximate surface area is 86.8 Å². The number of amides is 2. The fraction of sp³-hybridized carbons (Fsp3) is 0.625. The predicted octanol–water partition coefficient (Wildman–Crippen LogP) is -1.83. The molecule has 0 aromatic carbocycles. The highest BCUT2D eigenvalue weighted by Crippen LogP contribution is 1.99. The molecule has 0 fully saturated rings. The maximum atomic E-state index is 10.7. The number of nitrogens with one attached hydrogen (secondary N) is 1. The molecule has 0 aliphatic carbocycles. The number of rotatable bonds is 7. The number of carbonyl (C=O) groups is 3. The van der Waals surface area contributed by atoms with E-state index in [9.17, 15) is 14.4 Å². The van der Waals surface area contributed by atoms with Crippen LogP contribution < -0.4 is 16.8 Å². The van der Waals surface area contributed by atoms with Crippen molar-refractivity contribution in [2.45, 2.75) is 31.8 Å². The third kappa shape index (κ3) is 5.63. The second-order valence-electron chi connectivity index (χ2n) is 3.19. The van der Waals surface area contributed by atoms with E-state index in [2.05, 4.69) is 5.32 Å². The van der Waals surface area contributed by atoms with Crippen LogP contribution in [0.3, 0.4) is 0 Å². The van der Waals surface area contributed by atoms with Crippen molar-refractivity contribution < 1.29 is 19.5 Å². The molecule has 1 unspecified atom stereocenters. The van der Waals surface area contributed by atoms with Gasteiger partial charge >= 0.3 is 5.97 Å². The van der Waals surface area contributed by atoms with E-state index in [1.54, 1.807) is 0 Å². The van der Waals surface area contributed by atoms with Crippen molar-refractivity contribution >= 4 is 17.8 Å². The lowest BCUT2D eigenvalue weighted by atomic mass is 10.1. The number of hydrogen-bond donors (Lipinski definition) is 4. The van der Waals surface area contributed by atoms with E-state index in [0.717, 1.165) is 0 Å². The molecule has 7 heteroatoms. The van der Waals surface area contributed by atoms with Crippen molar-refractivity contribution in [3.63, 3.8) is 0 Å². The number of hydrogen-bond acceptors (Lipinski definition) is 4. The highest BCUT2D eigenvalue weighted by molar-refractivity contribution is 5.81. The van der Waals surface area contributed by atoms with E-state index in [1.807, 2.05) is 0 Å². The zero-order valence-electron chi connectivity index (χ0n) is 8.40. The first-order valence-electron chi connectivity index (χ1n) is 4.41. The highest BCUT2D eigenvalue weighted by atomic mass is 16.4. The Kier molecular flexibility index (Phi) is 5.32. The van der Waals surface area contributed by atoms with Gasteiger partial charge in [-0.15, -0.1) is 0 Å². The van der Waals surface area contributed by atoms with Crippen LogP contribution in [-0.2, 0) is 14.4 Å². The van der Waals surface area contributed by atoms with Gasteiger partial charge in [0.05, 0.1) is 6.04 Å². The second-order valence-corrected chi connectivity index (χ2v) is 3.19. The van der Waals surface area contributed by atoms with Crippen LogP contribution in [-0.4, -0.2) is 35.0 Å². The molecule has 0 saturated carbocycles. The van der Waals surface area contributed by atoms with Crippen LogP contribution in [0, 0.1) is 0 Å². The van der Waals surface area contributed by atoms with E-state index < -0.39 is 29.9 Å². The van der Waals surface area contributed by atoms with Crippen molar-refractivity contribution in [1.82, 2.24) is 5.32 Å². The van der Waals surface area contributed by atoms with E-state index in [-0.39, 0.29) is 12.8 Å². The Morgan fingerprint density at radius 3 is 2.20 bits per heavy atom. The summed E-state index contributed by atoms with van der Waals surface area (Å²) < 4.78 is 0. The Hall–Kier alpha value is -1.63. The molecular formula is C8H15N3O4. The molecule has 0 heterocycles. The third-order valence-electron chi connectivity index (χ3n) is 1.86. The van der Waals surface area contributed by atoms with Gasteiger partial charge in [0.25, 0.3) is 0 Å². The van der Waals surface area contributed by atoms with Crippen LogP contribution in [0.5, 0.6) is 0 Å². The normalized spacial score (nSPS) is 14.2. The monoisotopic (exact) mass is 217 g/mol. The maximum Gasteiger partial charge on any atom is 0.320 e. The van der Waals surface area contributed by atoms with Gasteiger partial charge in [0.2, 0.25) is 11.8 Å². The minimum atomic E-state index is -1.15. The zero-order chi connectivity index (χ0) is 12.0. The molecule has 0 spiro atoms. The topological polar surface area (TPSA) is 136 Å². The Bertz CT molecular complexity index is 267.